The van der Waals surface area contributed by atoms with E-state index in [1.54, 1.807) is 29.2 Å². The summed E-state index contributed by atoms with van der Waals surface area (Å²) in [5.41, 5.74) is 1.23. The van der Waals surface area contributed by atoms with Crippen LogP contribution in [0, 0.1) is 0 Å². The number of carbonyl (C=O) groups is 5. The molecule has 1 aliphatic rings. The lowest BCUT2D eigenvalue weighted by atomic mass is 10.1. The molecule has 1 aliphatic heterocycles. The Kier molecular flexibility index (Phi) is 14.9. The quantitative estimate of drug-likeness (QED) is 0.108. The molecule has 0 radical (unpaired) electrons. The van der Waals surface area contributed by atoms with Crippen molar-refractivity contribution in [3.63, 3.8) is 0 Å². The molecule has 2 atom stereocenters. The molecule has 1 fully saturated rings. The summed E-state index contributed by atoms with van der Waals surface area (Å²) in [5.74, 6) is -1.11. The highest BCUT2D eigenvalue weighted by atomic mass is 16.6. The minimum absolute atomic E-state index is 0.0230. The van der Waals surface area contributed by atoms with Crippen molar-refractivity contribution in [3.8, 4) is 11.5 Å². The second kappa shape index (κ2) is 19.3. The van der Waals surface area contributed by atoms with Crippen LogP contribution in [0.2, 0.25) is 0 Å². The number of hydrogen-bond donors (Lipinski definition) is 4. The molecule has 0 aliphatic carbocycles. The number of ether oxygens (including phenoxy) is 5. The Balaban J connectivity index is 1.60. The van der Waals surface area contributed by atoms with Crippen molar-refractivity contribution >= 4 is 41.3 Å². The summed E-state index contributed by atoms with van der Waals surface area (Å²) in [6, 6.07) is 7.10. The number of aliphatic hydroxyl groups is 1. The summed E-state index contributed by atoms with van der Waals surface area (Å²) < 4.78 is 26.0. The maximum atomic E-state index is 13.4. The van der Waals surface area contributed by atoms with E-state index in [2.05, 4.69) is 29.1 Å². The van der Waals surface area contributed by atoms with Crippen LogP contribution >= 0.6 is 0 Å². The number of methoxy groups -OCH3 is 2. The van der Waals surface area contributed by atoms with Crippen molar-refractivity contribution in [2.45, 2.75) is 44.4 Å². The standard InChI is InChI=1S/C34H42N4O11/c1-5-16-47-30(40)14-13-26(32(42)48-17-6-2)36-33(43)35-23-11-9-22(10-12-23)21-49-34(44)37-27-19-29(46-4)28(45-3)18-25(27)31(41)38-15-7-8-24(38)20-39/h5-6,9-12,18-19,24,26,39H,1-2,7-8,13-17,20-21H2,3-4H3,(H,37,44)(H2,35,36,43). The Morgan fingerprint density at radius 3 is 2.29 bits per heavy atom. The largest absolute Gasteiger partial charge is 0.493 e. The fourth-order valence-electron chi connectivity index (χ4n) is 4.89. The molecule has 15 nitrogen and oxygen atoms in total. The van der Waals surface area contributed by atoms with Gasteiger partial charge in [-0.1, -0.05) is 37.4 Å². The van der Waals surface area contributed by atoms with E-state index in [0.717, 1.165) is 6.42 Å². The van der Waals surface area contributed by atoms with Crippen molar-refractivity contribution in [1.82, 2.24) is 10.2 Å². The number of urea groups is 1. The number of hydrogen-bond acceptors (Lipinski definition) is 11. The molecule has 264 valence electrons. The van der Waals surface area contributed by atoms with Crippen molar-refractivity contribution in [1.29, 1.82) is 0 Å². The molecule has 4 N–H and O–H groups in total. The Morgan fingerprint density at radius 2 is 1.63 bits per heavy atom. The third-order valence-electron chi connectivity index (χ3n) is 7.35. The SMILES string of the molecule is C=CCOC(=O)CCC(NC(=O)Nc1ccc(COC(=O)Nc2cc(OC)c(OC)cc2C(=O)N2CCCC2CO)cc1)C(=O)OCC=C. The number of nitrogens with zero attached hydrogens (tertiary/aromatic N) is 1. The van der Waals surface area contributed by atoms with Gasteiger partial charge in [0.2, 0.25) is 0 Å². The lowest BCUT2D eigenvalue weighted by Gasteiger charge is -2.25. The molecule has 49 heavy (non-hydrogen) atoms. The molecule has 3 rings (SSSR count). The molecular formula is C34H42N4O11. The van der Waals surface area contributed by atoms with Gasteiger partial charge in [0.1, 0.15) is 25.9 Å². The summed E-state index contributed by atoms with van der Waals surface area (Å²) in [7, 11) is 2.85. The van der Waals surface area contributed by atoms with Crippen molar-refractivity contribution in [2.75, 3.05) is 51.2 Å². The predicted octanol–water partition coefficient (Wildman–Crippen LogP) is 3.78. The monoisotopic (exact) mass is 682 g/mol. The molecule has 0 aromatic heterocycles. The number of aliphatic hydroxyl groups excluding tert-OH is 1. The topological polar surface area (TPSA) is 191 Å². The van der Waals surface area contributed by atoms with Gasteiger partial charge < -0.3 is 44.3 Å². The summed E-state index contributed by atoms with van der Waals surface area (Å²) in [4.78, 5) is 64.8. The average Bonchev–Trinajstić information content (AvgIpc) is 3.59. The van der Waals surface area contributed by atoms with Crippen molar-refractivity contribution < 1.29 is 52.8 Å². The highest BCUT2D eigenvalue weighted by molar-refractivity contribution is 6.04. The van der Waals surface area contributed by atoms with Gasteiger partial charge in [0.15, 0.2) is 11.5 Å². The van der Waals surface area contributed by atoms with Crippen LogP contribution in [0.5, 0.6) is 11.5 Å². The maximum absolute atomic E-state index is 13.4. The van der Waals surface area contributed by atoms with Gasteiger partial charge in [0.05, 0.1) is 38.1 Å². The Hall–Kier alpha value is -5.57. The minimum atomic E-state index is -1.13. The van der Waals surface area contributed by atoms with Gasteiger partial charge in [0.25, 0.3) is 5.91 Å². The van der Waals surface area contributed by atoms with Crippen LogP contribution in [0.4, 0.5) is 21.0 Å². The van der Waals surface area contributed by atoms with E-state index >= 15 is 0 Å². The van der Waals surface area contributed by atoms with Crippen molar-refractivity contribution in [3.05, 3.63) is 72.8 Å². The molecule has 2 aromatic carbocycles. The second-order valence-corrected chi connectivity index (χ2v) is 10.7. The summed E-state index contributed by atoms with van der Waals surface area (Å²) in [6.45, 7) is 7.04. The highest BCUT2D eigenvalue weighted by Crippen LogP contribution is 2.35. The first-order valence-electron chi connectivity index (χ1n) is 15.5. The zero-order valence-corrected chi connectivity index (χ0v) is 27.5. The fraction of sp³-hybridized carbons (Fsp3) is 0.382. The van der Waals surface area contributed by atoms with Crippen LogP contribution < -0.4 is 25.4 Å². The zero-order valence-electron chi connectivity index (χ0n) is 27.5. The van der Waals surface area contributed by atoms with Gasteiger partial charge in [-0.15, -0.1) is 0 Å². The zero-order chi connectivity index (χ0) is 35.8. The number of benzene rings is 2. The van der Waals surface area contributed by atoms with E-state index < -0.39 is 30.1 Å². The lowest BCUT2D eigenvalue weighted by molar-refractivity contribution is -0.146. The van der Waals surface area contributed by atoms with Gasteiger partial charge in [0, 0.05) is 24.7 Å². The summed E-state index contributed by atoms with van der Waals surface area (Å²) in [5, 5.41) is 17.4. The van der Waals surface area contributed by atoms with E-state index in [4.69, 9.17) is 23.7 Å². The number of nitrogens with one attached hydrogen (secondary N) is 3. The molecule has 0 spiro atoms. The molecule has 0 saturated carbocycles. The molecule has 15 heteroatoms. The molecule has 2 aromatic rings. The molecule has 4 amide bonds. The second-order valence-electron chi connectivity index (χ2n) is 10.7. The first-order chi connectivity index (χ1) is 23.6. The first kappa shape index (κ1) is 37.9. The van der Waals surface area contributed by atoms with Crippen LogP contribution in [-0.4, -0.2) is 92.6 Å². The number of carbonyl (C=O) groups excluding carboxylic acids is 5. The molecule has 0 bridgehead atoms. The van der Waals surface area contributed by atoms with Crippen LogP contribution in [0.1, 0.15) is 41.6 Å². The first-order valence-corrected chi connectivity index (χ1v) is 15.5. The minimum Gasteiger partial charge on any atom is -0.493 e. The van der Waals surface area contributed by atoms with E-state index in [-0.39, 0.29) is 68.2 Å². The molecule has 1 heterocycles. The molecule has 1 saturated heterocycles. The van der Waals surface area contributed by atoms with Crippen LogP contribution in [-0.2, 0) is 30.4 Å². The normalized spacial score (nSPS) is 14.1. The number of likely N-dealkylation sites (tertiary alicyclic amines) is 1. The average molecular weight is 683 g/mol. The van der Waals surface area contributed by atoms with E-state index in [1.807, 2.05) is 0 Å². The third kappa shape index (κ3) is 11.3. The maximum Gasteiger partial charge on any atom is 0.411 e. The van der Waals surface area contributed by atoms with Crippen LogP contribution in [0.25, 0.3) is 0 Å². The summed E-state index contributed by atoms with van der Waals surface area (Å²) in [6.07, 6.45) is 3.16. The van der Waals surface area contributed by atoms with E-state index in [0.29, 0.717) is 30.0 Å². The van der Waals surface area contributed by atoms with Gasteiger partial charge in [-0.05, 0) is 43.0 Å². The lowest BCUT2D eigenvalue weighted by Crippen LogP contribution is -2.44. The van der Waals surface area contributed by atoms with Gasteiger partial charge in [-0.25, -0.2) is 14.4 Å². The Bertz CT molecular complexity index is 1500. The number of anilines is 2. The number of esters is 2. The van der Waals surface area contributed by atoms with Crippen LogP contribution in [0.3, 0.4) is 0 Å². The Labute approximate surface area is 284 Å². The number of rotatable bonds is 17. The highest BCUT2D eigenvalue weighted by Gasteiger charge is 2.31. The predicted molar refractivity (Wildman–Crippen MR) is 178 cm³/mol. The van der Waals surface area contributed by atoms with E-state index in [1.165, 1.54) is 38.5 Å². The molecular weight excluding hydrogens is 640 g/mol. The number of amides is 4. The van der Waals surface area contributed by atoms with E-state index in [9.17, 15) is 29.1 Å². The third-order valence-corrected chi connectivity index (χ3v) is 7.35. The fourth-order valence-corrected chi connectivity index (χ4v) is 4.89. The summed E-state index contributed by atoms with van der Waals surface area (Å²) >= 11 is 0. The van der Waals surface area contributed by atoms with Gasteiger partial charge >= 0.3 is 24.1 Å². The molecule has 2 unspecified atom stereocenters. The smallest absolute Gasteiger partial charge is 0.411 e. The van der Waals surface area contributed by atoms with Crippen LogP contribution in [0.15, 0.2) is 61.7 Å². The van der Waals surface area contributed by atoms with Crippen molar-refractivity contribution in [2.24, 2.45) is 0 Å². The van der Waals surface area contributed by atoms with Gasteiger partial charge in [-0.3, -0.25) is 14.9 Å². The van der Waals surface area contributed by atoms with Gasteiger partial charge in [-0.2, -0.15) is 0 Å². The Morgan fingerprint density at radius 1 is 0.959 bits per heavy atom.